The summed E-state index contributed by atoms with van der Waals surface area (Å²) in [5.74, 6) is 1.51. The number of nitriles is 1. The van der Waals surface area contributed by atoms with E-state index < -0.39 is 5.60 Å². The van der Waals surface area contributed by atoms with Gasteiger partial charge in [0, 0.05) is 12.1 Å². The van der Waals surface area contributed by atoms with Crippen molar-refractivity contribution >= 4 is 5.91 Å². The molecule has 0 aromatic rings. The van der Waals surface area contributed by atoms with Gasteiger partial charge < -0.3 is 15.3 Å². The van der Waals surface area contributed by atoms with Crippen molar-refractivity contribution in [2.24, 2.45) is 17.3 Å². The van der Waals surface area contributed by atoms with Crippen LogP contribution in [-0.4, -0.2) is 46.2 Å². The summed E-state index contributed by atoms with van der Waals surface area (Å²) in [6.07, 6.45) is 6.89. The second-order valence-electron chi connectivity index (χ2n) is 8.47. The Kier molecular flexibility index (Phi) is 2.34. The summed E-state index contributed by atoms with van der Waals surface area (Å²) in [5, 5.41) is 23.5. The summed E-state index contributed by atoms with van der Waals surface area (Å²) in [7, 11) is 0. The van der Waals surface area contributed by atoms with E-state index in [2.05, 4.69) is 11.4 Å². The first-order valence-electron chi connectivity index (χ1n) is 8.69. The van der Waals surface area contributed by atoms with Crippen molar-refractivity contribution in [3.8, 4) is 6.07 Å². The lowest BCUT2D eigenvalue weighted by atomic mass is 9.35. The highest BCUT2D eigenvalue weighted by atomic mass is 16.3. The number of aliphatic hydroxyl groups is 1. The molecule has 5 rings (SSSR count). The molecule has 1 amide bonds. The van der Waals surface area contributed by atoms with Crippen molar-refractivity contribution in [3.05, 3.63) is 0 Å². The number of fused-ring (bicyclic) bond motifs is 1. The van der Waals surface area contributed by atoms with Crippen LogP contribution in [0.2, 0.25) is 0 Å². The monoisotopic (exact) mass is 301 g/mol. The molecule has 5 aliphatic rings. The first-order chi connectivity index (χ1) is 10.5. The zero-order valence-corrected chi connectivity index (χ0v) is 12.8. The van der Waals surface area contributed by atoms with Crippen molar-refractivity contribution < 1.29 is 9.90 Å². The van der Waals surface area contributed by atoms with Gasteiger partial charge in [-0.1, -0.05) is 0 Å². The molecule has 0 aromatic carbocycles. The minimum Gasteiger partial charge on any atom is -0.390 e. The molecular weight excluding hydrogens is 278 g/mol. The van der Waals surface area contributed by atoms with Gasteiger partial charge in [0.2, 0.25) is 5.91 Å². The quantitative estimate of drug-likeness (QED) is 0.808. The number of rotatable bonds is 3. The molecule has 0 radical (unpaired) electrons. The van der Waals surface area contributed by atoms with Crippen LogP contribution in [-0.2, 0) is 4.79 Å². The van der Waals surface area contributed by atoms with Crippen LogP contribution in [0.25, 0.3) is 0 Å². The van der Waals surface area contributed by atoms with Gasteiger partial charge in [0.25, 0.3) is 0 Å². The maximum absolute atomic E-state index is 12.5. The normalized spacial score (nSPS) is 53.6. The zero-order chi connectivity index (χ0) is 15.2. The fourth-order valence-electron chi connectivity index (χ4n) is 7.04. The van der Waals surface area contributed by atoms with Crippen LogP contribution in [0.1, 0.15) is 44.9 Å². The Morgan fingerprint density at radius 3 is 2.91 bits per heavy atom. The molecule has 4 saturated carbocycles. The lowest BCUT2D eigenvalue weighted by Crippen LogP contribution is -2.77. The average Bonchev–Trinajstić information content (AvgIpc) is 3.10. The smallest absolute Gasteiger partial charge is 0.237 e. The molecule has 2 N–H and O–H groups in total. The first kappa shape index (κ1) is 13.3. The lowest BCUT2D eigenvalue weighted by molar-refractivity contribution is -0.211. The van der Waals surface area contributed by atoms with Gasteiger partial charge in [-0.2, -0.15) is 5.26 Å². The predicted molar refractivity (Wildman–Crippen MR) is 78.5 cm³/mol. The molecule has 5 nitrogen and oxygen atoms in total. The van der Waals surface area contributed by atoms with E-state index in [1.54, 1.807) is 4.90 Å². The van der Waals surface area contributed by atoms with E-state index in [1.807, 2.05) is 0 Å². The molecule has 1 aliphatic heterocycles. The maximum atomic E-state index is 12.5. The van der Waals surface area contributed by atoms with Crippen molar-refractivity contribution in [2.45, 2.75) is 62.1 Å². The number of amides is 1. The van der Waals surface area contributed by atoms with E-state index in [4.69, 9.17) is 5.26 Å². The number of carbonyl (C=O) groups is 1. The molecular formula is C17H23N3O2. The number of likely N-dealkylation sites (tertiary alicyclic amines) is 1. The molecule has 2 bridgehead atoms. The third-order valence-electron chi connectivity index (χ3n) is 7.69. The molecule has 6 atom stereocenters. The summed E-state index contributed by atoms with van der Waals surface area (Å²) in [4.78, 5) is 14.2. The Bertz CT molecular complexity index is 601. The molecule has 1 spiro atoms. The van der Waals surface area contributed by atoms with Gasteiger partial charge in [-0.3, -0.25) is 4.79 Å². The third-order valence-corrected chi connectivity index (χ3v) is 7.69. The summed E-state index contributed by atoms with van der Waals surface area (Å²) in [6.45, 7) is 1.04. The van der Waals surface area contributed by atoms with Gasteiger partial charge in [0.15, 0.2) is 0 Å². The topological polar surface area (TPSA) is 76.4 Å². The molecule has 5 unspecified atom stereocenters. The Hall–Kier alpha value is -1.12. The van der Waals surface area contributed by atoms with Crippen molar-refractivity contribution in [3.63, 3.8) is 0 Å². The van der Waals surface area contributed by atoms with Crippen molar-refractivity contribution in [1.82, 2.24) is 10.2 Å². The van der Waals surface area contributed by atoms with Crippen LogP contribution in [0.4, 0.5) is 0 Å². The zero-order valence-electron chi connectivity index (χ0n) is 12.8. The standard InChI is InChI=1S/C17H23N3O2/c18-7-13-2-1-3-20(13)14(21)8-19-16-6-12-4-11-5-15(22,9-16)10-17(11,12)16/h11-13,19,22H,1-6,8-10H2/t11?,12?,13-,15?,16?,17?/m0/s1. The fourth-order valence-corrected chi connectivity index (χ4v) is 7.04. The SMILES string of the molecule is N#C[C@@H]1CCCN1C(=O)CNC12CC3CC4CC(O)(C1)CC432. The number of hydrogen-bond donors (Lipinski definition) is 2. The summed E-state index contributed by atoms with van der Waals surface area (Å²) >= 11 is 0. The van der Waals surface area contributed by atoms with E-state index in [0.717, 1.165) is 44.4 Å². The van der Waals surface area contributed by atoms with E-state index in [9.17, 15) is 9.90 Å². The van der Waals surface area contributed by atoms with E-state index in [1.165, 1.54) is 6.42 Å². The second-order valence-corrected chi connectivity index (χ2v) is 8.47. The number of nitrogens with zero attached hydrogens (tertiary/aromatic N) is 2. The van der Waals surface area contributed by atoms with Gasteiger partial charge in [-0.25, -0.2) is 0 Å². The Labute approximate surface area is 130 Å². The highest BCUT2D eigenvalue weighted by molar-refractivity contribution is 5.79. The van der Waals surface area contributed by atoms with Gasteiger partial charge in [-0.05, 0) is 62.2 Å². The number of carbonyl (C=O) groups excluding carboxylic acids is 1. The Morgan fingerprint density at radius 2 is 2.18 bits per heavy atom. The Balaban J connectivity index is 1.30. The lowest BCUT2D eigenvalue weighted by Gasteiger charge is -2.73. The molecule has 118 valence electrons. The summed E-state index contributed by atoms with van der Waals surface area (Å²) in [6, 6.07) is 2.00. The largest absolute Gasteiger partial charge is 0.390 e. The van der Waals surface area contributed by atoms with Crippen LogP contribution in [0, 0.1) is 28.6 Å². The molecule has 1 saturated heterocycles. The molecule has 1 heterocycles. The second kappa shape index (κ2) is 3.85. The predicted octanol–water partition coefficient (Wildman–Crippen LogP) is 0.784. The van der Waals surface area contributed by atoms with E-state index >= 15 is 0 Å². The van der Waals surface area contributed by atoms with Gasteiger partial charge in [0.05, 0.1) is 18.2 Å². The van der Waals surface area contributed by atoms with Crippen molar-refractivity contribution in [2.75, 3.05) is 13.1 Å². The van der Waals surface area contributed by atoms with Crippen LogP contribution >= 0.6 is 0 Å². The van der Waals surface area contributed by atoms with E-state index in [0.29, 0.717) is 24.4 Å². The summed E-state index contributed by atoms with van der Waals surface area (Å²) in [5.41, 5.74) is -0.179. The molecule has 5 fully saturated rings. The van der Waals surface area contributed by atoms with Gasteiger partial charge in [-0.15, -0.1) is 0 Å². The minimum atomic E-state index is -0.477. The average molecular weight is 301 g/mol. The maximum Gasteiger partial charge on any atom is 0.237 e. The first-order valence-corrected chi connectivity index (χ1v) is 8.69. The summed E-state index contributed by atoms with van der Waals surface area (Å²) < 4.78 is 0. The number of hydrogen-bond acceptors (Lipinski definition) is 4. The molecule has 0 aromatic heterocycles. The van der Waals surface area contributed by atoms with Gasteiger partial charge in [0.1, 0.15) is 6.04 Å². The van der Waals surface area contributed by atoms with E-state index in [-0.39, 0.29) is 17.5 Å². The van der Waals surface area contributed by atoms with Gasteiger partial charge >= 0.3 is 0 Å². The molecule has 4 aliphatic carbocycles. The highest BCUT2D eigenvalue weighted by Crippen LogP contribution is 2.83. The Morgan fingerprint density at radius 1 is 1.36 bits per heavy atom. The number of nitrogens with one attached hydrogen (secondary N) is 1. The minimum absolute atomic E-state index is 0.00507. The molecule has 22 heavy (non-hydrogen) atoms. The third kappa shape index (κ3) is 1.31. The van der Waals surface area contributed by atoms with Crippen LogP contribution < -0.4 is 5.32 Å². The fraction of sp³-hybridized carbons (Fsp3) is 0.882. The van der Waals surface area contributed by atoms with Crippen LogP contribution in [0.15, 0.2) is 0 Å². The highest BCUT2D eigenvalue weighted by Gasteiger charge is 2.83. The van der Waals surface area contributed by atoms with Crippen LogP contribution in [0.5, 0.6) is 0 Å². The van der Waals surface area contributed by atoms with Crippen LogP contribution in [0.3, 0.4) is 0 Å². The van der Waals surface area contributed by atoms with Crippen molar-refractivity contribution in [1.29, 1.82) is 5.26 Å². The molecule has 5 heteroatoms.